The van der Waals surface area contributed by atoms with Crippen LogP contribution < -0.4 is 5.73 Å². The van der Waals surface area contributed by atoms with Crippen molar-refractivity contribution in [2.75, 3.05) is 5.73 Å². The van der Waals surface area contributed by atoms with Gasteiger partial charge in [0.05, 0.1) is 20.4 Å². The number of nitrogens with two attached hydrogens (primary N) is 1. The Morgan fingerprint density at radius 2 is 2.15 bits per heavy atom. The van der Waals surface area contributed by atoms with Crippen LogP contribution in [0.4, 0.5) is 18.3 Å². The first-order chi connectivity index (χ1) is 14.1. The van der Waals surface area contributed by atoms with E-state index in [2.05, 4.69) is 9.97 Å². The first kappa shape index (κ1) is 5.63. The van der Waals surface area contributed by atoms with Gasteiger partial charge >= 0.3 is 6.18 Å². The maximum Gasteiger partial charge on any atom is 0.399 e. The molecule has 2 rings (SSSR count). The van der Waals surface area contributed by atoms with Crippen LogP contribution in [0, 0.1) is 6.85 Å². The van der Waals surface area contributed by atoms with Gasteiger partial charge in [0.25, 0.3) is 0 Å². The number of rotatable bonds is 2. The van der Waals surface area contributed by atoms with Crippen molar-refractivity contribution in [1.82, 2.24) is 9.97 Å². The normalized spacial score (nSPS) is 23.4. The van der Waals surface area contributed by atoms with Crippen molar-refractivity contribution in [3.63, 3.8) is 0 Å². The number of hydrogen-bond acceptors (Lipinski definition) is 4. The fourth-order valence-electron chi connectivity index (χ4n) is 1.25. The van der Waals surface area contributed by atoms with Crippen LogP contribution in [0.15, 0.2) is 18.3 Å². The molecule has 0 atom stereocenters. The highest BCUT2D eigenvalue weighted by Crippen LogP contribution is 2.41. The molecule has 2 aromatic heterocycles. The monoisotopic (exact) mass is 313 g/mol. The first-order valence-electron chi connectivity index (χ1n) is 10.9. The predicted molar refractivity (Wildman–Crippen MR) is 73.6 cm³/mol. The molecule has 0 aliphatic heterocycles. The Hall–Kier alpha value is -1.63. The van der Waals surface area contributed by atoms with Crippen molar-refractivity contribution in [2.24, 2.45) is 0 Å². The Morgan fingerprint density at radius 3 is 2.75 bits per heavy atom. The maximum absolute atomic E-state index is 14.2. The summed E-state index contributed by atoms with van der Waals surface area (Å²) >= 11 is 0.366. The van der Waals surface area contributed by atoms with Crippen molar-refractivity contribution in [1.29, 1.82) is 0 Å². The van der Waals surface area contributed by atoms with Gasteiger partial charge in [-0.05, 0) is 38.2 Å². The van der Waals surface area contributed by atoms with Crippen molar-refractivity contribution < 1.29 is 29.6 Å². The minimum atomic E-state index is -6.01. The highest BCUT2D eigenvalue weighted by molar-refractivity contribution is 7.18. The predicted octanol–water partition coefficient (Wildman–Crippen LogP) is 3.94. The van der Waals surface area contributed by atoms with E-state index < -0.39 is 77.4 Å². The Labute approximate surface area is 135 Å². The van der Waals surface area contributed by atoms with Crippen LogP contribution in [0.1, 0.15) is 41.5 Å². The summed E-state index contributed by atoms with van der Waals surface area (Å²) in [4.78, 5) is 6.05. The summed E-state index contributed by atoms with van der Waals surface area (Å²) in [5, 5.41) is -0.399. The molecular formula is C13H14F3N3S. The molecule has 0 saturated carbocycles. The number of nitrogen functional groups attached to an aromatic ring is 1. The van der Waals surface area contributed by atoms with Gasteiger partial charge in [-0.3, -0.25) is 4.98 Å². The number of halogens is 3. The number of anilines is 1. The van der Waals surface area contributed by atoms with Crippen LogP contribution in [0.25, 0.3) is 10.4 Å². The molecule has 2 aromatic rings. The lowest BCUT2D eigenvalue weighted by molar-refractivity contribution is -0.181. The minimum Gasteiger partial charge on any atom is -0.375 e. The van der Waals surface area contributed by atoms with E-state index >= 15 is 0 Å². The molecule has 3 nitrogen and oxygen atoms in total. The molecule has 2 N–H and O–H groups in total. The molecule has 0 bridgehead atoms. The molecule has 0 aliphatic rings. The molecule has 0 saturated heterocycles. The second-order valence-corrected chi connectivity index (χ2v) is 4.71. The Balaban J connectivity index is 3.16. The summed E-state index contributed by atoms with van der Waals surface area (Å²) in [5.41, 5.74) is -2.82. The first-order valence-corrected chi connectivity index (χ1v) is 5.72. The average Bonchev–Trinajstić information content (AvgIpc) is 2.90. The van der Waals surface area contributed by atoms with Crippen LogP contribution in [-0.4, -0.2) is 16.1 Å². The van der Waals surface area contributed by atoms with Gasteiger partial charge in [0.1, 0.15) is 5.41 Å². The lowest BCUT2D eigenvalue weighted by atomic mass is 9.87. The molecule has 108 valence electrons. The number of nitrogens with zero attached hydrogens (tertiary/aromatic N) is 2. The average molecular weight is 313 g/mol. The third kappa shape index (κ3) is 2.49. The van der Waals surface area contributed by atoms with E-state index in [0.717, 1.165) is 0 Å². The van der Waals surface area contributed by atoms with E-state index in [0.29, 0.717) is 11.3 Å². The van der Waals surface area contributed by atoms with E-state index in [1.807, 2.05) is 0 Å². The molecule has 2 heterocycles. The number of hydrogen-bond donors (Lipinski definition) is 1. The van der Waals surface area contributed by atoms with E-state index in [1.165, 1.54) is 0 Å². The zero-order chi connectivity index (χ0) is 25.2. The zero-order valence-corrected chi connectivity index (χ0v) is 10.3. The summed E-state index contributed by atoms with van der Waals surface area (Å²) in [6.07, 6.45) is -7.31. The largest absolute Gasteiger partial charge is 0.399 e. The summed E-state index contributed by atoms with van der Waals surface area (Å²) in [7, 11) is 0. The van der Waals surface area contributed by atoms with Crippen LogP contribution in [0.5, 0.6) is 0 Å². The highest BCUT2D eigenvalue weighted by atomic mass is 32.1. The Kier molecular flexibility index (Phi) is 1.33. The molecule has 0 aromatic carbocycles. The molecular weight excluding hydrogens is 287 g/mol. The second-order valence-electron chi connectivity index (χ2n) is 3.67. The summed E-state index contributed by atoms with van der Waals surface area (Å²) < 4.78 is 134. The zero-order valence-electron chi connectivity index (χ0n) is 21.5. The molecule has 20 heavy (non-hydrogen) atoms. The molecule has 0 radical (unpaired) electrons. The summed E-state index contributed by atoms with van der Waals surface area (Å²) in [5.74, 6) is 0. The summed E-state index contributed by atoms with van der Waals surface area (Å²) in [6.45, 7) is -11.7. The SMILES string of the molecule is [2H]c1nc(C(C([2H])([2H])[2H])(C([2H])([2H])[2H])C(F)(F)F)c([2H])c(-c2sc(N)nc2C([2H])([2H])[2H])c1[2H]. The third-order valence-corrected chi connectivity index (χ3v) is 3.15. The fourth-order valence-corrected chi connectivity index (χ4v) is 1.94. The Morgan fingerprint density at radius 1 is 1.40 bits per heavy atom. The van der Waals surface area contributed by atoms with Gasteiger partial charge in [0, 0.05) is 18.5 Å². The van der Waals surface area contributed by atoms with Gasteiger partial charge in [-0.2, -0.15) is 13.2 Å². The smallest absolute Gasteiger partial charge is 0.375 e. The highest BCUT2D eigenvalue weighted by Gasteiger charge is 2.49. The fraction of sp³-hybridized carbons (Fsp3) is 0.385. The van der Waals surface area contributed by atoms with Gasteiger partial charge in [-0.15, -0.1) is 0 Å². The molecule has 0 aliphatic carbocycles. The van der Waals surface area contributed by atoms with Gasteiger partial charge in [-0.25, -0.2) is 4.98 Å². The van der Waals surface area contributed by atoms with Crippen LogP contribution >= 0.6 is 11.3 Å². The van der Waals surface area contributed by atoms with E-state index in [9.17, 15) is 13.2 Å². The van der Waals surface area contributed by atoms with Gasteiger partial charge in [0.2, 0.25) is 0 Å². The van der Waals surface area contributed by atoms with E-state index in [-0.39, 0.29) is 0 Å². The van der Waals surface area contributed by atoms with E-state index in [4.69, 9.17) is 22.2 Å². The molecule has 0 spiro atoms. The molecule has 0 unspecified atom stereocenters. The topological polar surface area (TPSA) is 51.8 Å². The van der Waals surface area contributed by atoms with Crippen LogP contribution in [0.3, 0.4) is 0 Å². The van der Waals surface area contributed by atoms with Crippen LogP contribution in [0.2, 0.25) is 0 Å². The van der Waals surface area contributed by atoms with Gasteiger partial charge < -0.3 is 5.73 Å². The lowest BCUT2D eigenvalue weighted by Crippen LogP contribution is -2.37. The molecule has 0 fully saturated rings. The Bertz CT molecular complexity index is 1000. The lowest BCUT2D eigenvalue weighted by Gasteiger charge is -2.27. The number of thiazole rings is 1. The number of aryl methyl sites for hydroxylation is 1. The number of aromatic nitrogens is 2. The third-order valence-electron chi connectivity index (χ3n) is 2.24. The van der Waals surface area contributed by atoms with Crippen LogP contribution in [-0.2, 0) is 5.41 Å². The van der Waals surface area contributed by atoms with Gasteiger partial charge in [-0.1, -0.05) is 11.3 Å². The van der Waals surface area contributed by atoms with Crippen molar-refractivity contribution in [2.45, 2.75) is 32.1 Å². The molecule has 7 heteroatoms. The number of pyridine rings is 1. The second kappa shape index (κ2) is 4.73. The standard InChI is InChI=1S/C13H14F3N3S/c1-7-10(20-11(17)19-7)8-4-5-18-9(6-8)12(2,3)13(14,15)16/h4-6H,1-3H3,(H2,17,19)/i1D3,2D3,3D3,4D,5D,6D. The van der Waals surface area contributed by atoms with Gasteiger partial charge in [0.15, 0.2) is 5.13 Å². The quantitative estimate of drug-likeness (QED) is 0.914. The van der Waals surface area contributed by atoms with Crippen molar-refractivity contribution in [3.05, 3.63) is 29.6 Å². The minimum absolute atomic E-state index is 0.366. The van der Waals surface area contributed by atoms with Crippen molar-refractivity contribution >= 4 is 16.5 Å². The summed E-state index contributed by atoms with van der Waals surface area (Å²) in [6, 6.07) is -2.51. The number of alkyl halides is 3. The molecule has 0 amide bonds. The van der Waals surface area contributed by atoms with E-state index in [1.54, 1.807) is 0 Å². The van der Waals surface area contributed by atoms with Crippen molar-refractivity contribution in [3.8, 4) is 10.4 Å². The maximum atomic E-state index is 14.2.